The smallest absolute Gasteiger partial charge is 0.322 e. The lowest BCUT2D eigenvalue weighted by Gasteiger charge is -2.05. The van der Waals surface area contributed by atoms with E-state index in [1.165, 1.54) is 5.56 Å². The minimum absolute atomic E-state index is 0.362. The van der Waals surface area contributed by atoms with Crippen LogP contribution in [0.4, 0.5) is 0 Å². The van der Waals surface area contributed by atoms with Gasteiger partial charge in [-0.25, -0.2) is 4.98 Å². The Bertz CT molecular complexity index is 943. The van der Waals surface area contributed by atoms with E-state index in [9.17, 15) is 0 Å². The van der Waals surface area contributed by atoms with Gasteiger partial charge in [0.25, 0.3) is 0 Å². The largest absolute Gasteiger partial charge is 0.424 e. The molecule has 4 aromatic rings. The number of aromatic nitrogens is 3. The standard InChI is InChI=1S/C17H13N3O/c1-11-9-18-16-7-6-13(8-14(11)16)21-17-19-10-12-4-2-3-5-15(12)20-17/h2-10,18H,1H3. The van der Waals surface area contributed by atoms with Crippen LogP contribution in [0.15, 0.2) is 54.9 Å². The Balaban J connectivity index is 1.73. The van der Waals surface area contributed by atoms with Crippen LogP contribution in [0.2, 0.25) is 0 Å². The number of H-pyrrole nitrogens is 1. The van der Waals surface area contributed by atoms with Crippen molar-refractivity contribution in [2.45, 2.75) is 6.92 Å². The molecule has 0 aliphatic heterocycles. The third-order valence-electron chi connectivity index (χ3n) is 3.54. The number of aromatic amines is 1. The molecular formula is C17H13N3O. The first-order chi connectivity index (χ1) is 10.3. The molecule has 0 saturated heterocycles. The summed E-state index contributed by atoms with van der Waals surface area (Å²) in [4.78, 5) is 11.9. The first-order valence-electron chi connectivity index (χ1n) is 6.77. The topological polar surface area (TPSA) is 50.8 Å². The molecule has 0 radical (unpaired) electrons. The van der Waals surface area contributed by atoms with Gasteiger partial charge in [-0.05, 0) is 36.8 Å². The molecule has 4 rings (SSSR count). The molecule has 0 fully saturated rings. The Hall–Kier alpha value is -2.88. The monoisotopic (exact) mass is 275 g/mol. The highest BCUT2D eigenvalue weighted by Crippen LogP contribution is 2.26. The zero-order valence-electron chi connectivity index (χ0n) is 11.5. The minimum atomic E-state index is 0.362. The molecule has 2 aromatic heterocycles. The summed E-state index contributed by atoms with van der Waals surface area (Å²) in [5.41, 5.74) is 3.16. The van der Waals surface area contributed by atoms with Crippen molar-refractivity contribution in [1.29, 1.82) is 0 Å². The Morgan fingerprint density at radius 2 is 2.00 bits per heavy atom. The summed E-state index contributed by atoms with van der Waals surface area (Å²) in [5, 5.41) is 2.15. The second-order valence-corrected chi connectivity index (χ2v) is 4.99. The number of hydrogen-bond donors (Lipinski definition) is 1. The van der Waals surface area contributed by atoms with E-state index in [1.807, 2.05) is 48.7 Å². The third-order valence-corrected chi connectivity index (χ3v) is 3.54. The highest BCUT2D eigenvalue weighted by molar-refractivity contribution is 5.84. The molecule has 4 heteroatoms. The van der Waals surface area contributed by atoms with Gasteiger partial charge in [-0.1, -0.05) is 18.2 Å². The van der Waals surface area contributed by atoms with Crippen molar-refractivity contribution in [2.24, 2.45) is 0 Å². The highest BCUT2D eigenvalue weighted by atomic mass is 16.5. The van der Waals surface area contributed by atoms with Gasteiger partial charge in [0, 0.05) is 28.7 Å². The van der Waals surface area contributed by atoms with Crippen molar-refractivity contribution >= 4 is 21.8 Å². The first-order valence-corrected chi connectivity index (χ1v) is 6.77. The van der Waals surface area contributed by atoms with Crippen molar-refractivity contribution < 1.29 is 4.74 Å². The predicted octanol–water partition coefficient (Wildman–Crippen LogP) is 4.21. The molecule has 0 aliphatic carbocycles. The van der Waals surface area contributed by atoms with Gasteiger partial charge < -0.3 is 9.72 Å². The lowest BCUT2D eigenvalue weighted by molar-refractivity contribution is 0.445. The summed E-state index contributed by atoms with van der Waals surface area (Å²) >= 11 is 0. The van der Waals surface area contributed by atoms with E-state index < -0.39 is 0 Å². The molecule has 0 amide bonds. The number of fused-ring (bicyclic) bond motifs is 2. The third kappa shape index (κ3) is 2.10. The van der Waals surface area contributed by atoms with Gasteiger partial charge in [0.2, 0.25) is 0 Å². The van der Waals surface area contributed by atoms with Gasteiger partial charge in [0.15, 0.2) is 0 Å². The molecule has 0 unspecified atom stereocenters. The molecule has 102 valence electrons. The molecule has 4 nitrogen and oxygen atoms in total. The van der Waals surface area contributed by atoms with E-state index in [2.05, 4.69) is 21.9 Å². The average molecular weight is 275 g/mol. The quantitative estimate of drug-likeness (QED) is 0.596. The number of para-hydroxylation sites is 1. The molecule has 0 aliphatic rings. The fourth-order valence-corrected chi connectivity index (χ4v) is 2.41. The second kappa shape index (κ2) is 4.59. The Morgan fingerprint density at radius 1 is 1.10 bits per heavy atom. The molecule has 0 spiro atoms. The second-order valence-electron chi connectivity index (χ2n) is 4.99. The molecule has 2 aromatic carbocycles. The van der Waals surface area contributed by atoms with Gasteiger partial charge in [-0.15, -0.1) is 0 Å². The zero-order valence-corrected chi connectivity index (χ0v) is 11.5. The lowest BCUT2D eigenvalue weighted by Crippen LogP contribution is -1.92. The van der Waals surface area contributed by atoms with Crippen molar-refractivity contribution in [3.63, 3.8) is 0 Å². The molecule has 21 heavy (non-hydrogen) atoms. The van der Waals surface area contributed by atoms with E-state index in [0.29, 0.717) is 6.01 Å². The predicted molar refractivity (Wildman–Crippen MR) is 82.6 cm³/mol. The number of aryl methyl sites for hydroxylation is 1. The number of hydrogen-bond acceptors (Lipinski definition) is 3. The van der Waals surface area contributed by atoms with Crippen LogP contribution in [0.5, 0.6) is 11.8 Å². The van der Waals surface area contributed by atoms with E-state index >= 15 is 0 Å². The van der Waals surface area contributed by atoms with Crippen molar-refractivity contribution in [2.75, 3.05) is 0 Å². The molecule has 0 bridgehead atoms. The van der Waals surface area contributed by atoms with Crippen molar-refractivity contribution in [3.05, 3.63) is 60.4 Å². The summed E-state index contributed by atoms with van der Waals surface area (Å²) in [6.07, 6.45) is 3.76. The summed E-state index contributed by atoms with van der Waals surface area (Å²) in [7, 11) is 0. The maximum absolute atomic E-state index is 5.78. The number of rotatable bonds is 2. The first kappa shape index (κ1) is 11.9. The van der Waals surface area contributed by atoms with Crippen molar-refractivity contribution in [1.82, 2.24) is 15.0 Å². The molecule has 0 atom stereocenters. The van der Waals surface area contributed by atoms with Crippen LogP contribution in [0, 0.1) is 6.92 Å². The zero-order chi connectivity index (χ0) is 14.2. The van der Waals surface area contributed by atoms with Gasteiger partial charge in [0.1, 0.15) is 5.75 Å². The van der Waals surface area contributed by atoms with Gasteiger partial charge >= 0.3 is 6.01 Å². The SMILES string of the molecule is Cc1c[nH]c2ccc(Oc3ncc4ccccc4n3)cc12. The Labute approximate surface area is 121 Å². The van der Waals surface area contributed by atoms with Crippen LogP contribution in [-0.2, 0) is 0 Å². The molecular weight excluding hydrogens is 262 g/mol. The summed E-state index contributed by atoms with van der Waals surface area (Å²) in [6, 6.07) is 14.1. The fraction of sp³-hybridized carbons (Fsp3) is 0.0588. The van der Waals surface area contributed by atoms with E-state index in [-0.39, 0.29) is 0 Å². The van der Waals surface area contributed by atoms with Crippen LogP contribution in [0.25, 0.3) is 21.8 Å². The van der Waals surface area contributed by atoms with Crippen LogP contribution in [-0.4, -0.2) is 15.0 Å². The van der Waals surface area contributed by atoms with Crippen LogP contribution in [0.3, 0.4) is 0 Å². The van der Waals surface area contributed by atoms with E-state index in [0.717, 1.165) is 27.6 Å². The van der Waals surface area contributed by atoms with Gasteiger partial charge in [-0.3, -0.25) is 0 Å². The van der Waals surface area contributed by atoms with E-state index in [1.54, 1.807) is 6.20 Å². The number of benzene rings is 2. The maximum atomic E-state index is 5.78. The number of nitrogens with zero attached hydrogens (tertiary/aromatic N) is 2. The van der Waals surface area contributed by atoms with Crippen LogP contribution in [0.1, 0.15) is 5.56 Å². The van der Waals surface area contributed by atoms with Gasteiger partial charge in [-0.2, -0.15) is 4.98 Å². The normalized spacial score (nSPS) is 11.1. The average Bonchev–Trinajstić information content (AvgIpc) is 2.88. The summed E-state index contributed by atoms with van der Waals surface area (Å²) in [5.74, 6) is 0.737. The maximum Gasteiger partial charge on any atom is 0.322 e. The van der Waals surface area contributed by atoms with Crippen molar-refractivity contribution in [3.8, 4) is 11.8 Å². The summed E-state index contributed by atoms with van der Waals surface area (Å²) in [6.45, 7) is 2.06. The van der Waals surface area contributed by atoms with Crippen LogP contribution >= 0.6 is 0 Å². The summed E-state index contributed by atoms with van der Waals surface area (Å²) < 4.78 is 5.78. The molecule has 0 saturated carbocycles. The van der Waals surface area contributed by atoms with E-state index in [4.69, 9.17) is 4.74 Å². The highest BCUT2D eigenvalue weighted by Gasteiger charge is 2.05. The number of nitrogens with one attached hydrogen (secondary N) is 1. The fourth-order valence-electron chi connectivity index (χ4n) is 2.41. The Morgan fingerprint density at radius 3 is 2.95 bits per heavy atom. The van der Waals surface area contributed by atoms with Crippen LogP contribution < -0.4 is 4.74 Å². The number of ether oxygens (including phenoxy) is 1. The molecule has 2 heterocycles. The molecule has 1 N–H and O–H groups in total. The van der Waals surface area contributed by atoms with Gasteiger partial charge in [0.05, 0.1) is 5.52 Å². The minimum Gasteiger partial charge on any atom is -0.424 e. The lowest BCUT2D eigenvalue weighted by atomic mass is 10.2. The Kier molecular flexibility index (Phi) is 2.60.